The lowest BCUT2D eigenvalue weighted by Crippen LogP contribution is -2.28. The molecule has 0 spiro atoms. The molecule has 3 nitrogen and oxygen atoms in total. The number of halogens is 2. The first-order valence-corrected chi connectivity index (χ1v) is 6.45. The molecule has 0 N–H and O–H groups in total. The van der Waals surface area contributed by atoms with Gasteiger partial charge < -0.3 is 0 Å². The van der Waals surface area contributed by atoms with Crippen molar-refractivity contribution in [1.82, 2.24) is 14.9 Å². The fourth-order valence-electron chi connectivity index (χ4n) is 1.95. The van der Waals surface area contributed by atoms with Crippen LogP contribution in [0.2, 0.25) is 0 Å². The van der Waals surface area contributed by atoms with E-state index < -0.39 is 6.43 Å². The normalized spacial score (nSPS) is 11.2. The summed E-state index contributed by atoms with van der Waals surface area (Å²) < 4.78 is 25.4. The maximum absolute atomic E-state index is 12.7. The number of rotatable bonds is 6. The van der Waals surface area contributed by atoms with E-state index >= 15 is 0 Å². The molecule has 5 heteroatoms. The van der Waals surface area contributed by atoms with E-state index in [-0.39, 0.29) is 6.54 Å². The Morgan fingerprint density at radius 1 is 1.05 bits per heavy atom. The predicted molar refractivity (Wildman–Crippen MR) is 73.3 cm³/mol. The van der Waals surface area contributed by atoms with Gasteiger partial charge in [-0.3, -0.25) is 14.9 Å². The SMILES string of the molecule is Cc1cnc(CN(Cc2ccccc2)CC(F)F)cn1. The highest BCUT2D eigenvalue weighted by Crippen LogP contribution is 2.10. The number of aryl methyl sites for hydroxylation is 1. The summed E-state index contributed by atoms with van der Waals surface area (Å²) in [5.74, 6) is 0. The molecule has 2 aromatic rings. The van der Waals surface area contributed by atoms with Gasteiger partial charge in [0.15, 0.2) is 0 Å². The van der Waals surface area contributed by atoms with Crippen LogP contribution < -0.4 is 0 Å². The molecule has 0 bridgehead atoms. The molecule has 2 rings (SSSR count). The smallest absolute Gasteiger partial charge is 0.251 e. The minimum atomic E-state index is -2.36. The number of alkyl halides is 2. The van der Waals surface area contributed by atoms with E-state index in [0.29, 0.717) is 18.8 Å². The fraction of sp³-hybridized carbons (Fsp3) is 0.333. The monoisotopic (exact) mass is 277 g/mol. The summed E-state index contributed by atoms with van der Waals surface area (Å²) in [5, 5.41) is 0. The molecule has 0 radical (unpaired) electrons. The Bertz CT molecular complexity index is 514. The second-order valence-corrected chi connectivity index (χ2v) is 4.70. The van der Waals surface area contributed by atoms with Gasteiger partial charge in [0.05, 0.1) is 17.9 Å². The van der Waals surface area contributed by atoms with Crippen molar-refractivity contribution in [3.05, 3.63) is 59.7 Å². The zero-order chi connectivity index (χ0) is 14.4. The Morgan fingerprint density at radius 3 is 2.40 bits per heavy atom. The van der Waals surface area contributed by atoms with Gasteiger partial charge >= 0.3 is 0 Å². The summed E-state index contributed by atoms with van der Waals surface area (Å²) in [4.78, 5) is 10.0. The molecule has 1 aromatic heterocycles. The maximum Gasteiger partial charge on any atom is 0.251 e. The number of aromatic nitrogens is 2. The lowest BCUT2D eigenvalue weighted by molar-refractivity contribution is 0.0802. The molecule has 0 saturated heterocycles. The number of benzene rings is 1. The number of hydrogen-bond donors (Lipinski definition) is 0. The van der Waals surface area contributed by atoms with Crippen molar-refractivity contribution in [3.8, 4) is 0 Å². The van der Waals surface area contributed by atoms with E-state index in [1.165, 1.54) is 0 Å². The average molecular weight is 277 g/mol. The van der Waals surface area contributed by atoms with Crippen molar-refractivity contribution in [2.45, 2.75) is 26.4 Å². The van der Waals surface area contributed by atoms with Crippen molar-refractivity contribution < 1.29 is 8.78 Å². The van der Waals surface area contributed by atoms with Crippen molar-refractivity contribution in [3.63, 3.8) is 0 Å². The van der Waals surface area contributed by atoms with E-state index in [9.17, 15) is 8.78 Å². The molecule has 106 valence electrons. The highest BCUT2D eigenvalue weighted by molar-refractivity contribution is 5.14. The third kappa shape index (κ3) is 4.66. The topological polar surface area (TPSA) is 29.0 Å². The molecule has 0 saturated carbocycles. The summed E-state index contributed by atoms with van der Waals surface area (Å²) in [6.45, 7) is 2.41. The van der Waals surface area contributed by atoms with Crippen LogP contribution in [0.15, 0.2) is 42.7 Å². The molecule has 0 aliphatic rings. The molecule has 1 aromatic carbocycles. The minimum absolute atomic E-state index is 0.273. The van der Waals surface area contributed by atoms with Gasteiger partial charge in [0.1, 0.15) is 0 Å². The third-order valence-electron chi connectivity index (χ3n) is 2.87. The zero-order valence-electron chi connectivity index (χ0n) is 11.3. The van der Waals surface area contributed by atoms with Crippen LogP contribution in [0, 0.1) is 6.92 Å². The number of hydrogen-bond acceptors (Lipinski definition) is 3. The van der Waals surface area contributed by atoms with Gasteiger partial charge in [0.25, 0.3) is 6.43 Å². The van der Waals surface area contributed by atoms with Gasteiger partial charge in [0.2, 0.25) is 0 Å². The Hall–Kier alpha value is -1.88. The Labute approximate surface area is 117 Å². The summed E-state index contributed by atoms with van der Waals surface area (Å²) in [6, 6.07) is 9.58. The summed E-state index contributed by atoms with van der Waals surface area (Å²) in [7, 11) is 0. The van der Waals surface area contributed by atoms with Crippen LogP contribution in [0.4, 0.5) is 8.78 Å². The van der Waals surface area contributed by atoms with Gasteiger partial charge in [-0.2, -0.15) is 0 Å². The largest absolute Gasteiger partial charge is 0.288 e. The molecule has 0 amide bonds. The van der Waals surface area contributed by atoms with Crippen molar-refractivity contribution in [2.75, 3.05) is 6.54 Å². The fourth-order valence-corrected chi connectivity index (χ4v) is 1.95. The standard InChI is InChI=1S/C15H17F2N3/c1-12-7-19-14(8-18-12)10-20(11-15(16)17)9-13-5-3-2-4-6-13/h2-8,15H,9-11H2,1H3. The van der Waals surface area contributed by atoms with Gasteiger partial charge in [-0.05, 0) is 12.5 Å². The molecular formula is C15H17F2N3. The number of nitrogens with zero attached hydrogens (tertiary/aromatic N) is 3. The van der Waals surface area contributed by atoms with Crippen LogP contribution in [0.1, 0.15) is 17.0 Å². The van der Waals surface area contributed by atoms with E-state index in [0.717, 1.165) is 11.3 Å². The second kappa shape index (κ2) is 7.05. The van der Waals surface area contributed by atoms with Crippen molar-refractivity contribution in [1.29, 1.82) is 0 Å². The van der Waals surface area contributed by atoms with E-state index in [1.54, 1.807) is 17.3 Å². The molecule has 0 atom stereocenters. The highest BCUT2D eigenvalue weighted by atomic mass is 19.3. The first kappa shape index (κ1) is 14.5. The molecule has 0 aliphatic carbocycles. The lowest BCUT2D eigenvalue weighted by atomic mass is 10.2. The molecule has 1 heterocycles. The highest BCUT2D eigenvalue weighted by Gasteiger charge is 2.13. The Balaban J connectivity index is 2.05. The van der Waals surface area contributed by atoms with Crippen molar-refractivity contribution in [2.24, 2.45) is 0 Å². The lowest BCUT2D eigenvalue weighted by Gasteiger charge is -2.21. The molecule has 0 fully saturated rings. The van der Waals surface area contributed by atoms with Crippen molar-refractivity contribution >= 4 is 0 Å². The van der Waals surface area contributed by atoms with E-state index in [1.807, 2.05) is 37.3 Å². The first-order valence-electron chi connectivity index (χ1n) is 6.45. The van der Waals surface area contributed by atoms with E-state index in [2.05, 4.69) is 9.97 Å². The molecular weight excluding hydrogens is 260 g/mol. The zero-order valence-corrected chi connectivity index (χ0v) is 11.3. The summed E-state index contributed by atoms with van der Waals surface area (Å²) in [6.07, 6.45) is 0.925. The van der Waals surface area contributed by atoms with Crippen LogP contribution in [0.25, 0.3) is 0 Å². The average Bonchev–Trinajstić information content (AvgIpc) is 2.42. The molecule has 20 heavy (non-hydrogen) atoms. The molecule has 0 aliphatic heterocycles. The quantitative estimate of drug-likeness (QED) is 0.812. The van der Waals surface area contributed by atoms with Crippen LogP contribution in [-0.4, -0.2) is 27.8 Å². The maximum atomic E-state index is 12.7. The van der Waals surface area contributed by atoms with Gasteiger partial charge in [-0.25, -0.2) is 8.78 Å². The Morgan fingerprint density at radius 2 is 1.80 bits per heavy atom. The Kier molecular flexibility index (Phi) is 5.12. The van der Waals surface area contributed by atoms with Crippen LogP contribution >= 0.6 is 0 Å². The third-order valence-corrected chi connectivity index (χ3v) is 2.87. The predicted octanol–water partition coefficient (Wildman–Crippen LogP) is 3.05. The van der Waals surface area contributed by atoms with E-state index in [4.69, 9.17) is 0 Å². The van der Waals surface area contributed by atoms with Gasteiger partial charge in [0, 0.05) is 25.5 Å². The first-order chi connectivity index (χ1) is 9.63. The summed E-state index contributed by atoms with van der Waals surface area (Å²) in [5.41, 5.74) is 2.53. The second-order valence-electron chi connectivity index (χ2n) is 4.70. The van der Waals surface area contributed by atoms with Crippen LogP contribution in [0.5, 0.6) is 0 Å². The summed E-state index contributed by atoms with van der Waals surface area (Å²) >= 11 is 0. The van der Waals surface area contributed by atoms with Crippen LogP contribution in [-0.2, 0) is 13.1 Å². The van der Waals surface area contributed by atoms with Gasteiger partial charge in [-0.15, -0.1) is 0 Å². The minimum Gasteiger partial charge on any atom is -0.288 e. The molecule has 0 unspecified atom stereocenters. The van der Waals surface area contributed by atoms with Gasteiger partial charge in [-0.1, -0.05) is 30.3 Å². The van der Waals surface area contributed by atoms with Crippen LogP contribution in [0.3, 0.4) is 0 Å².